The number of nitrogens with one attached hydrogen (secondary N) is 1. The molecule has 4 atom stereocenters. The molecule has 1 aliphatic carbocycles. The summed E-state index contributed by atoms with van der Waals surface area (Å²) in [7, 11) is -2.48. The predicted octanol–water partition coefficient (Wildman–Crippen LogP) is 5.46. The number of hydrogen-bond donors (Lipinski definition) is 2. The fourth-order valence-electron chi connectivity index (χ4n) is 6.21. The number of sulfonamides is 1. The standard InChI is InChI=1S/C35H50FN3O7S/c1-24-21-39(25(2)23-40)35(42)31-20-29(37-34(41)27-11-6-5-7-12-27)15-18-32(31)46-26(3)10-8-9-19-45-33(24)22-38(4)47(43,44)30-16-13-28(36)14-17-30/h13-18,20,24-27,33,40H,5-12,19,21-23H2,1-4H3,(H,37,41)/t24-,25-,26-,33+/m0/s1. The Balaban J connectivity index is 1.62. The maximum absolute atomic E-state index is 14.3. The lowest BCUT2D eigenvalue weighted by Gasteiger charge is -2.35. The first-order chi connectivity index (χ1) is 22.4. The van der Waals surface area contributed by atoms with E-state index < -0.39 is 28.0 Å². The van der Waals surface area contributed by atoms with Gasteiger partial charge in [0.1, 0.15) is 11.6 Å². The minimum Gasteiger partial charge on any atom is -0.490 e. The Morgan fingerprint density at radius 3 is 2.43 bits per heavy atom. The predicted molar refractivity (Wildman–Crippen MR) is 178 cm³/mol. The van der Waals surface area contributed by atoms with Crippen LogP contribution in [0.4, 0.5) is 10.1 Å². The summed E-state index contributed by atoms with van der Waals surface area (Å²) in [4.78, 5) is 28.9. The van der Waals surface area contributed by atoms with E-state index in [0.29, 0.717) is 24.5 Å². The van der Waals surface area contributed by atoms with Gasteiger partial charge in [0.25, 0.3) is 5.91 Å². The van der Waals surface area contributed by atoms with Crippen molar-refractivity contribution in [3.8, 4) is 5.75 Å². The van der Waals surface area contributed by atoms with Crippen LogP contribution in [-0.2, 0) is 19.6 Å². The molecule has 1 fully saturated rings. The number of rotatable bonds is 8. The van der Waals surface area contributed by atoms with Crippen molar-refractivity contribution < 1.29 is 37.0 Å². The number of amides is 2. The van der Waals surface area contributed by atoms with Gasteiger partial charge >= 0.3 is 0 Å². The second-order valence-electron chi connectivity index (χ2n) is 13.1. The number of fused-ring (bicyclic) bond motifs is 1. The average Bonchev–Trinajstić information content (AvgIpc) is 3.06. The van der Waals surface area contributed by atoms with Gasteiger partial charge in [0, 0.05) is 44.3 Å². The van der Waals surface area contributed by atoms with Crippen molar-refractivity contribution >= 4 is 27.5 Å². The zero-order valence-electron chi connectivity index (χ0n) is 28.0. The summed E-state index contributed by atoms with van der Waals surface area (Å²) in [5.74, 6) is -0.968. The maximum Gasteiger partial charge on any atom is 0.258 e. The van der Waals surface area contributed by atoms with Crippen molar-refractivity contribution in [2.45, 2.75) is 95.3 Å². The molecule has 0 spiro atoms. The van der Waals surface area contributed by atoms with Gasteiger partial charge in [0.05, 0.1) is 35.3 Å². The molecule has 0 bridgehead atoms. The topological polar surface area (TPSA) is 125 Å². The van der Waals surface area contributed by atoms with Gasteiger partial charge in [0.15, 0.2) is 0 Å². The van der Waals surface area contributed by atoms with E-state index in [1.807, 2.05) is 13.8 Å². The van der Waals surface area contributed by atoms with E-state index >= 15 is 0 Å². The number of nitrogens with zero attached hydrogens (tertiary/aromatic N) is 2. The number of carbonyl (C=O) groups is 2. The Kier molecular flexibility index (Phi) is 13.2. The smallest absolute Gasteiger partial charge is 0.258 e. The van der Waals surface area contributed by atoms with Crippen LogP contribution in [0.5, 0.6) is 5.75 Å². The van der Waals surface area contributed by atoms with E-state index in [9.17, 15) is 27.5 Å². The average molecular weight is 676 g/mol. The molecule has 4 rings (SSSR count). The van der Waals surface area contributed by atoms with Gasteiger partial charge in [-0.3, -0.25) is 9.59 Å². The summed E-state index contributed by atoms with van der Waals surface area (Å²) in [6.45, 7) is 5.82. The highest BCUT2D eigenvalue weighted by molar-refractivity contribution is 7.89. The Bertz CT molecular complexity index is 1450. The molecular weight excluding hydrogens is 625 g/mol. The zero-order valence-corrected chi connectivity index (χ0v) is 28.8. The Labute approximate surface area is 278 Å². The van der Waals surface area contributed by atoms with E-state index in [2.05, 4.69) is 5.32 Å². The molecule has 0 saturated heterocycles. The fraction of sp³-hybridized carbons (Fsp3) is 0.600. The molecule has 0 unspecified atom stereocenters. The normalized spacial score (nSPS) is 23.0. The number of benzene rings is 2. The quantitative estimate of drug-likeness (QED) is 0.381. The van der Waals surface area contributed by atoms with Gasteiger partial charge in [-0.2, -0.15) is 4.31 Å². The summed E-state index contributed by atoms with van der Waals surface area (Å²) in [6.07, 6.45) is 6.29. The van der Waals surface area contributed by atoms with Crippen molar-refractivity contribution in [3.05, 3.63) is 53.8 Å². The molecule has 2 aromatic rings. The number of aliphatic hydroxyl groups excluding tert-OH is 1. The molecule has 12 heteroatoms. The first kappa shape index (κ1) is 36.8. The number of anilines is 1. The first-order valence-corrected chi connectivity index (χ1v) is 18.2. The molecule has 0 aromatic heterocycles. The minimum atomic E-state index is -3.94. The molecule has 1 aliphatic heterocycles. The largest absolute Gasteiger partial charge is 0.490 e. The summed E-state index contributed by atoms with van der Waals surface area (Å²) >= 11 is 0. The molecule has 2 aromatic carbocycles. The minimum absolute atomic E-state index is 0.00383. The van der Waals surface area contributed by atoms with E-state index in [1.165, 1.54) is 23.5 Å². The molecular formula is C35H50FN3O7S. The lowest BCUT2D eigenvalue weighted by Crippen LogP contribution is -2.48. The lowest BCUT2D eigenvalue weighted by atomic mass is 9.88. The molecule has 2 aliphatic rings. The van der Waals surface area contributed by atoms with Crippen LogP contribution >= 0.6 is 0 Å². The summed E-state index contributed by atoms with van der Waals surface area (Å²) in [5.41, 5.74) is 0.778. The van der Waals surface area contributed by atoms with E-state index in [1.54, 1.807) is 30.0 Å². The number of likely N-dealkylation sites (N-methyl/N-ethyl adjacent to an activating group) is 1. The van der Waals surface area contributed by atoms with E-state index in [0.717, 1.165) is 57.1 Å². The third-order valence-electron chi connectivity index (χ3n) is 9.25. The van der Waals surface area contributed by atoms with Gasteiger partial charge in [-0.15, -0.1) is 0 Å². The fourth-order valence-corrected chi connectivity index (χ4v) is 7.39. The third kappa shape index (κ3) is 9.74. The molecule has 2 N–H and O–H groups in total. The number of hydrogen-bond acceptors (Lipinski definition) is 7. The van der Waals surface area contributed by atoms with Gasteiger partial charge in [-0.25, -0.2) is 12.8 Å². The summed E-state index contributed by atoms with van der Waals surface area (Å²) in [6, 6.07) is 9.22. The highest BCUT2D eigenvalue weighted by Gasteiger charge is 2.33. The van der Waals surface area contributed by atoms with Gasteiger partial charge in [0.2, 0.25) is 15.9 Å². The van der Waals surface area contributed by atoms with Crippen LogP contribution in [0.15, 0.2) is 47.4 Å². The van der Waals surface area contributed by atoms with Crippen molar-refractivity contribution in [2.24, 2.45) is 11.8 Å². The SMILES string of the molecule is C[C@H]1CCCCO[C@H](CN(C)S(=O)(=O)c2ccc(F)cc2)[C@@H](C)CN([C@@H](C)CO)C(=O)c2cc(NC(=O)C3CCCCC3)ccc2O1. The van der Waals surface area contributed by atoms with Crippen LogP contribution in [0, 0.1) is 17.7 Å². The van der Waals surface area contributed by atoms with Crippen molar-refractivity contribution in [3.63, 3.8) is 0 Å². The lowest BCUT2D eigenvalue weighted by molar-refractivity contribution is -0.120. The molecule has 0 radical (unpaired) electrons. The van der Waals surface area contributed by atoms with Crippen molar-refractivity contribution in [2.75, 3.05) is 38.7 Å². The van der Waals surface area contributed by atoms with Crippen LogP contribution in [-0.4, -0.2) is 86.1 Å². The second kappa shape index (κ2) is 16.9. The van der Waals surface area contributed by atoms with Crippen molar-refractivity contribution in [1.82, 2.24) is 9.21 Å². The van der Waals surface area contributed by atoms with Crippen LogP contribution in [0.25, 0.3) is 0 Å². The highest BCUT2D eigenvalue weighted by atomic mass is 32.2. The number of carbonyl (C=O) groups excluding carboxylic acids is 2. The van der Waals surface area contributed by atoms with Gasteiger partial charge in [-0.1, -0.05) is 26.2 Å². The van der Waals surface area contributed by atoms with Gasteiger partial charge in [-0.05, 0) is 88.4 Å². The van der Waals surface area contributed by atoms with E-state index in [4.69, 9.17) is 9.47 Å². The molecule has 47 heavy (non-hydrogen) atoms. The number of halogens is 1. The Morgan fingerprint density at radius 2 is 1.74 bits per heavy atom. The van der Waals surface area contributed by atoms with Crippen LogP contribution in [0.2, 0.25) is 0 Å². The van der Waals surface area contributed by atoms with Crippen LogP contribution in [0.3, 0.4) is 0 Å². The first-order valence-electron chi connectivity index (χ1n) is 16.8. The monoisotopic (exact) mass is 675 g/mol. The molecule has 10 nitrogen and oxygen atoms in total. The summed E-state index contributed by atoms with van der Waals surface area (Å²) in [5, 5.41) is 13.2. The Hall–Kier alpha value is -3.06. The summed E-state index contributed by atoms with van der Waals surface area (Å²) < 4.78 is 53.9. The van der Waals surface area contributed by atoms with Crippen LogP contribution < -0.4 is 10.1 Å². The maximum atomic E-state index is 14.3. The van der Waals surface area contributed by atoms with E-state index in [-0.39, 0.29) is 59.9 Å². The van der Waals surface area contributed by atoms with Gasteiger partial charge < -0.3 is 24.8 Å². The third-order valence-corrected chi connectivity index (χ3v) is 11.1. The molecule has 260 valence electrons. The van der Waals surface area contributed by atoms with Crippen LogP contribution in [0.1, 0.15) is 82.5 Å². The molecule has 1 saturated carbocycles. The zero-order chi connectivity index (χ0) is 34.1. The number of aliphatic hydroxyl groups is 1. The van der Waals surface area contributed by atoms with Crippen molar-refractivity contribution in [1.29, 1.82) is 0 Å². The molecule has 2 amide bonds. The number of ether oxygens (including phenoxy) is 2. The second-order valence-corrected chi connectivity index (χ2v) is 15.1. The highest BCUT2D eigenvalue weighted by Crippen LogP contribution is 2.30. The molecule has 1 heterocycles. The Morgan fingerprint density at radius 1 is 1.06 bits per heavy atom.